The first-order valence-corrected chi connectivity index (χ1v) is 7.40. The standard InChI is InChI=1S/C16H18N6O2/c1-10-13-7-12(9-18-15(13)22(2)21-10)20-16(23)19-8-11-4-5-17-14(6-11)24-3/h4-7,9H,8H2,1-3H3,(H2,19,20,23). The zero-order chi connectivity index (χ0) is 17.1. The summed E-state index contributed by atoms with van der Waals surface area (Å²) in [5.74, 6) is 0.511. The minimum absolute atomic E-state index is 0.312. The fourth-order valence-corrected chi connectivity index (χ4v) is 2.41. The van der Waals surface area contributed by atoms with Gasteiger partial charge >= 0.3 is 6.03 Å². The van der Waals surface area contributed by atoms with Gasteiger partial charge in [-0.1, -0.05) is 0 Å². The molecule has 0 aromatic carbocycles. The number of nitrogens with zero attached hydrogens (tertiary/aromatic N) is 4. The number of amides is 2. The minimum atomic E-state index is -0.312. The van der Waals surface area contributed by atoms with Gasteiger partial charge in [0.05, 0.1) is 24.7 Å². The van der Waals surface area contributed by atoms with Crippen molar-refractivity contribution in [2.75, 3.05) is 12.4 Å². The average Bonchev–Trinajstić information content (AvgIpc) is 2.87. The SMILES string of the molecule is COc1cc(CNC(=O)Nc2cnc3c(c2)c(C)nn3C)ccn1. The number of pyridine rings is 2. The Labute approximate surface area is 138 Å². The zero-order valence-corrected chi connectivity index (χ0v) is 13.7. The smallest absolute Gasteiger partial charge is 0.319 e. The Balaban J connectivity index is 1.65. The van der Waals surface area contributed by atoms with Crippen LogP contribution in [-0.2, 0) is 13.6 Å². The summed E-state index contributed by atoms with van der Waals surface area (Å²) in [7, 11) is 3.39. The van der Waals surface area contributed by atoms with Gasteiger partial charge in [0.2, 0.25) is 5.88 Å². The van der Waals surface area contributed by atoms with Crippen LogP contribution in [0.15, 0.2) is 30.6 Å². The number of rotatable bonds is 4. The molecule has 0 aliphatic carbocycles. The van der Waals surface area contributed by atoms with Crippen LogP contribution in [0.1, 0.15) is 11.3 Å². The second-order valence-electron chi connectivity index (χ2n) is 5.32. The molecule has 0 bridgehead atoms. The number of urea groups is 1. The van der Waals surface area contributed by atoms with E-state index in [1.807, 2.05) is 26.1 Å². The first-order valence-electron chi connectivity index (χ1n) is 7.40. The Kier molecular flexibility index (Phi) is 4.28. The summed E-state index contributed by atoms with van der Waals surface area (Å²) in [5, 5.41) is 10.8. The predicted octanol–water partition coefficient (Wildman–Crippen LogP) is 2.00. The highest BCUT2D eigenvalue weighted by molar-refractivity contribution is 5.92. The number of ether oxygens (including phenoxy) is 1. The molecule has 0 aliphatic heterocycles. The van der Waals surface area contributed by atoms with Crippen LogP contribution in [0, 0.1) is 6.92 Å². The average molecular weight is 326 g/mol. The van der Waals surface area contributed by atoms with Crippen LogP contribution in [-0.4, -0.2) is 32.9 Å². The number of hydrogen-bond donors (Lipinski definition) is 2. The molecule has 3 heterocycles. The Morgan fingerprint density at radius 2 is 2.17 bits per heavy atom. The zero-order valence-electron chi connectivity index (χ0n) is 13.7. The van der Waals surface area contributed by atoms with Gasteiger partial charge in [-0.25, -0.2) is 14.8 Å². The van der Waals surface area contributed by atoms with Gasteiger partial charge < -0.3 is 15.4 Å². The van der Waals surface area contributed by atoms with Crippen LogP contribution in [0.5, 0.6) is 5.88 Å². The first-order chi connectivity index (χ1) is 11.6. The number of methoxy groups -OCH3 is 1. The number of anilines is 1. The monoisotopic (exact) mass is 326 g/mol. The summed E-state index contributed by atoms with van der Waals surface area (Å²) < 4.78 is 6.77. The lowest BCUT2D eigenvalue weighted by molar-refractivity contribution is 0.251. The summed E-state index contributed by atoms with van der Waals surface area (Å²) in [4.78, 5) is 20.4. The van der Waals surface area contributed by atoms with Crippen LogP contribution in [0.25, 0.3) is 11.0 Å². The van der Waals surface area contributed by atoms with E-state index in [2.05, 4.69) is 25.7 Å². The third-order valence-electron chi connectivity index (χ3n) is 3.58. The molecule has 3 aromatic rings. The van der Waals surface area contributed by atoms with Crippen molar-refractivity contribution >= 4 is 22.8 Å². The Morgan fingerprint density at radius 3 is 2.96 bits per heavy atom. The lowest BCUT2D eigenvalue weighted by atomic mass is 10.2. The normalized spacial score (nSPS) is 10.6. The molecule has 0 unspecified atom stereocenters. The fourth-order valence-electron chi connectivity index (χ4n) is 2.41. The van der Waals surface area contributed by atoms with Crippen LogP contribution in [0.2, 0.25) is 0 Å². The van der Waals surface area contributed by atoms with Crippen molar-refractivity contribution in [2.45, 2.75) is 13.5 Å². The van der Waals surface area contributed by atoms with E-state index in [4.69, 9.17) is 4.74 Å². The van der Waals surface area contributed by atoms with Crippen LogP contribution in [0.3, 0.4) is 0 Å². The third-order valence-corrected chi connectivity index (χ3v) is 3.58. The Hall–Kier alpha value is -3.16. The molecule has 0 atom stereocenters. The molecule has 2 amide bonds. The van der Waals surface area contributed by atoms with E-state index in [0.29, 0.717) is 18.1 Å². The maximum atomic E-state index is 12.0. The van der Waals surface area contributed by atoms with Crippen LogP contribution < -0.4 is 15.4 Å². The molecule has 2 N–H and O–H groups in total. The number of carbonyl (C=O) groups is 1. The number of aryl methyl sites for hydroxylation is 2. The molecule has 24 heavy (non-hydrogen) atoms. The van der Waals surface area contributed by atoms with Gasteiger partial charge in [-0.05, 0) is 24.6 Å². The summed E-state index contributed by atoms with van der Waals surface area (Å²) in [6.07, 6.45) is 3.25. The first kappa shape index (κ1) is 15.7. The maximum Gasteiger partial charge on any atom is 0.319 e. The molecule has 0 radical (unpaired) electrons. The molecule has 124 valence electrons. The van der Waals surface area contributed by atoms with Gasteiger partial charge in [-0.15, -0.1) is 0 Å². The molecule has 3 rings (SSSR count). The quantitative estimate of drug-likeness (QED) is 0.765. The molecule has 3 aromatic heterocycles. The highest BCUT2D eigenvalue weighted by Gasteiger charge is 2.09. The molecule has 0 saturated carbocycles. The van der Waals surface area contributed by atoms with Crippen LogP contribution >= 0.6 is 0 Å². The van der Waals surface area contributed by atoms with Gasteiger partial charge in [0.25, 0.3) is 0 Å². The largest absolute Gasteiger partial charge is 0.481 e. The molecule has 0 aliphatic rings. The van der Waals surface area contributed by atoms with Crippen molar-refractivity contribution in [3.05, 3.63) is 41.9 Å². The highest BCUT2D eigenvalue weighted by atomic mass is 16.5. The molecule has 8 heteroatoms. The molecule has 0 saturated heterocycles. The van der Waals surface area contributed by atoms with E-state index >= 15 is 0 Å². The van der Waals surface area contributed by atoms with Gasteiger partial charge in [-0.3, -0.25) is 4.68 Å². The number of fused-ring (bicyclic) bond motifs is 1. The summed E-state index contributed by atoms with van der Waals surface area (Å²) in [6.45, 7) is 2.27. The summed E-state index contributed by atoms with van der Waals surface area (Å²) in [6, 6.07) is 5.13. The second-order valence-corrected chi connectivity index (χ2v) is 5.32. The number of nitrogens with one attached hydrogen (secondary N) is 2. The molecule has 0 spiro atoms. The van der Waals surface area contributed by atoms with E-state index < -0.39 is 0 Å². The van der Waals surface area contributed by atoms with E-state index in [0.717, 1.165) is 22.3 Å². The Bertz CT molecular complexity index is 889. The van der Waals surface area contributed by atoms with E-state index in [1.54, 1.807) is 30.3 Å². The van der Waals surface area contributed by atoms with Crippen molar-refractivity contribution in [1.82, 2.24) is 25.1 Å². The van der Waals surface area contributed by atoms with Crippen molar-refractivity contribution in [3.8, 4) is 5.88 Å². The number of carbonyl (C=O) groups excluding carboxylic acids is 1. The van der Waals surface area contributed by atoms with Gasteiger partial charge in [-0.2, -0.15) is 5.10 Å². The van der Waals surface area contributed by atoms with E-state index in [-0.39, 0.29) is 6.03 Å². The third kappa shape index (κ3) is 3.27. The van der Waals surface area contributed by atoms with Gasteiger partial charge in [0, 0.05) is 31.2 Å². The highest BCUT2D eigenvalue weighted by Crippen LogP contribution is 2.19. The van der Waals surface area contributed by atoms with Crippen LogP contribution in [0.4, 0.5) is 10.5 Å². The predicted molar refractivity (Wildman–Crippen MR) is 89.9 cm³/mol. The molecular formula is C16H18N6O2. The number of aromatic nitrogens is 4. The molecule has 0 fully saturated rings. The summed E-state index contributed by atoms with van der Waals surface area (Å²) >= 11 is 0. The second kappa shape index (κ2) is 6.53. The van der Waals surface area contributed by atoms with Gasteiger partial charge in [0.1, 0.15) is 0 Å². The lowest BCUT2D eigenvalue weighted by Crippen LogP contribution is -2.28. The summed E-state index contributed by atoms with van der Waals surface area (Å²) in [5.41, 5.74) is 3.16. The fraction of sp³-hybridized carbons (Fsp3) is 0.250. The van der Waals surface area contributed by atoms with E-state index in [1.165, 1.54) is 0 Å². The van der Waals surface area contributed by atoms with E-state index in [9.17, 15) is 4.79 Å². The topological polar surface area (TPSA) is 94.0 Å². The number of hydrogen-bond acceptors (Lipinski definition) is 5. The van der Waals surface area contributed by atoms with Gasteiger partial charge in [0.15, 0.2) is 5.65 Å². The lowest BCUT2D eigenvalue weighted by Gasteiger charge is -2.08. The molecule has 8 nitrogen and oxygen atoms in total. The maximum absolute atomic E-state index is 12.0. The van der Waals surface area contributed by atoms with Crippen molar-refractivity contribution in [1.29, 1.82) is 0 Å². The molecular weight excluding hydrogens is 308 g/mol. The van der Waals surface area contributed by atoms with Crippen molar-refractivity contribution < 1.29 is 9.53 Å². The minimum Gasteiger partial charge on any atom is -0.481 e. The Morgan fingerprint density at radius 1 is 1.33 bits per heavy atom. The van der Waals surface area contributed by atoms with Crippen molar-refractivity contribution in [3.63, 3.8) is 0 Å². The van der Waals surface area contributed by atoms with Crippen molar-refractivity contribution in [2.24, 2.45) is 7.05 Å².